The SMILES string of the molecule is COc1ccc(-c2noc(CSc3nc4cc5c(cc4c(=O)n3CC3CCCO3)OCO5)n2)cc1. The van der Waals surface area contributed by atoms with Gasteiger partial charge in [0.15, 0.2) is 16.7 Å². The summed E-state index contributed by atoms with van der Waals surface area (Å²) in [5.41, 5.74) is 1.23. The van der Waals surface area contributed by atoms with Gasteiger partial charge in [0.1, 0.15) is 5.75 Å². The molecule has 2 aliphatic heterocycles. The van der Waals surface area contributed by atoms with Gasteiger partial charge in [0.2, 0.25) is 18.5 Å². The van der Waals surface area contributed by atoms with Gasteiger partial charge in [-0.25, -0.2) is 4.98 Å². The zero-order valence-corrected chi connectivity index (χ0v) is 19.7. The third-order valence-corrected chi connectivity index (χ3v) is 6.93. The van der Waals surface area contributed by atoms with E-state index in [0.717, 1.165) is 24.2 Å². The van der Waals surface area contributed by atoms with Crippen molar-refractivity contribution in [1.82, 2.24) is 19.7 Å². The van der Waals surface area contributed by atoms with Crippen LogP contribution in [0.5, 0.6) is 17.2 Å². The zero-order valence-electron chi connectivity index (χ0n) is 18.9. The highest BCUT2D eigenvalue weighted by molar-refractivity contribution is 7.98. The molecule has 4 heterocycles. The minimum absolute atomic E-state index is 0.0228. The van der Waals surface area contributed by atoms with Crippen molar-refractivity contribution < 1.29 is 23.5 Å². The van der Waals surface area contributed by atoms with E-state index in [2.05, 4.69) is 10.1 Å². The summed E-state index contributed by atoms with van der Waals surface area (Å²) in [6.45, 7) is 1.27. The first-order valence-electron chi connectivity index (χ1n) is 11.2. The Hall–Kier alpha value is -3.57. The molecule has 0 amide bonds. The lowest BCUT2D eigenvalue weighted by Gasteiger charge is -2.16. The van der Waals surface area contributed by atoms with Gasteiger partial charge in [-0.1, -0.05) is 16.9 Å². The molecule has 180 valence electrons. The molecule has 2 aliphatic rings. The van der Waals surface area contributed by atoms with E-state index in [1.165, 1.54) is 11.8 Å². The summed E-state index contributed by atoms with van der Waals surface area (Å²) in [4.78, 5) is 22.8. The molecule has 0 saturated carbocycles. The summed E-state index contributed by atoms with van der Waals surface area (Å²) in [7, 11) is 1.62. The molecule has 1 fully saturated rings. The first-order valence-corrected chi connectivity index (χ1v) is 12.2. The van der Waals surface area contributed by atoms with E-state index in [1.54, 1.807) is 23.8 Å². The first-order chi connectivity index (χ1) is 17.2. The van der Waals surface area contributed by atoms with Crippen LogP contribution in [0.4, 0.5) is 0 Å². The third-order valence-electron chi connectivity index (χ3n) is 5.96. The van der Waals surface area contributed by atoms with Crippen molar-refractivity contribution in [2.24, 2.45) is 0 Å². The minimum Gasteiger partial charge on any atom is -0.497 e. The Bertz CT molecular complexity index is 1430. The van der Waals surface area contributed by atoms with Crippen LogP contribution in [0.25, 0.3) is 22.3 Å². The lowest BCUT2D eigenvalue weighted by atomic mass is 10.2. The van der Waals surface area contributed by atoms with Crippen LogP contribution in [0.1, 0.15) is 18.7 Å². The van der Waals surface area contributed by atoms with Crippen molar-refractivity contribution in [3.05, 3.63) is 52.6 Å². The topological polar surface area (TPSA) is 111 Å². The van der Waals surface area contributed by atoms with Gasteiger partial charge in [-0.05, 0) is 43.2 Å². The van der Waals surface area contributed by atoms with Gasteiger partial charge < -0.3 is 23.5 Å². The van der Waals surface area contributed by atoms with Crippen molar-refractivity contribution in [3.63, 3.8) is 0 Å². The second kappa shape index (κ2) is 9.23. The fraction of sp³-hybridized carbons (Fsp3) is 0.333. The predicted molar refractivity (Wildman–Crippen MR) is 127 cm³/mol. The molecule has 6 rings (SSSR count). The van der Waals surface area contributed by atoms with Crippen molar-refractivity contribution >= 4 is 22.7 Å². The molecule has 11 heteroatoms. The molecular formula is C24H22N4O6S. The van der Waals surface area contributed by atoms with E-state index in [1.807, 2.05) is 24.3 Å². The summed E-state index contributed by atoms with van der Waals surface area (Å²) in [6, 6.07) is 10.9. The van der Waals surface area contributed by atoms with E-state index in [-0.39, 0.29) is 18.5 Å². The normalized spacial score (nSPS) is 16.8. The Morgan fingerprint density at radius 2 is 1.97 bits per heavy atom. The van der Waals surface area contributed by atoms with Gasteiger partial charge in [-0.15, -0.1) is 0 Å². The van der Waals surface area contributed by atoms with Crippen LogP contribution >= 0.6 is 11.8 Å². The van der Waals surface area contributed by atoms with E-state index in [4.69, 9.17) is 28.5 Å². The van der Waals surface area contributed by atoms with Crippen LogP contribution in [0.3, 0.4) is 0 Å². The number of nitrogens with zero attached hydrogens (tertiary/aromatic N) is 4. The smallest absolute Gasteiger partial charge is 0.262 e. The van der Waals surface area contributed by atoms with Crippen molar-refractivity contribution in [2.75, 3.05) is 20.5 Å². The Kier molecular flexibility index (Phi) is 5.78. The van der Waals surface area contributed by atoms with Crippen LogP contribution in [0, 0.1) is 0 Å². The maximum absolute atomic E-state index is 13.5. The number of methoxy groups -OCH3 is 1. The van der Waals surface area contributed by atoms with E-state index >= 15 is 0 Å². The molecule has 0 bridgehead atoms. The summed E-state index contributed by atoms with van der Waals surface area (Å²) < 4.78 is 29.1. The summed E-state index contributed by atoms with van der Waals surface area (Å²) in [5.74, 6) is 3.17. The molecule has 1 saturated heterocycles. The average molecular weight is 495 g/mol. The molecule has 0 aliphatic carbocycles. The lowest BCUT2D eigenvalue weighted by Crippen LogP contribution is -2.28. The second-order valence-corrected chi connectivity index (χ2v) is 9.14. The predicted octanol–water partition coefficient (Wildman–Crippen LogP) is 3.66. The summed E-state index contributed by atoms with van der Waals surface area (Å²) in [6.07, 6.45) is 1.87. The van der Waals surface area contributed by atoms with Crippen molar-refractivity contribution in [2.45, 2.75) is 36.4 Å². The highest BCUT2D eigenvalue weighted by atomic mass is 32.2. The first kappa shape index (κ1) is 21.9. The number of fused-ring (bicyclic) bond motifs is 2. The quantitative estimate of drug-likeness (QED) is 0.279. The third kappa shape index (κ3) is 4.32. The molecular weight excluding hydrogens is 472 g/mol. The van der Waals surface area contributed by atoms with Crippen LogP contribution in [0.15, 0.2) is 50.9 Å². The van der Waals surface area contributed by atoms with Gasteiger partial charge in [0, 0.05) is 18.2 Å². The molecule has 0 N–H and O–H groups in total. The van der Waals surface area contributed by atoms with Gasteiger partial charge >= 0.3 is 0 Å². The van der Waals surface area contributed by atoms with E-state index < -0.39 is 0 Å². The Morgan fingerprint density at radius 1 is 1.14 bits per heavy atom. The molecule has 1 unspecified atom stereocenters. The van der Waals surface area contributed by atoms with Crippen molar-refractivity contribution in [3.8, 4) is 28.6 Å². The van der Waals surface area contributed by atoms with Crippen LogP contribution in [-0.2, 0) is 17.0 Å². The maximum atomic E-state index is 13.5. The fourth-order valence-corrected chi connectivity index (χ4v) is 5.00. The number of hydrogen-bond donors (Lipinski definition) is 0. The van der Waals surface area contributed by atoms with Crippen molar-refractivity contribution in [1.29, 1.82) is 0 Å². The molecule has 1 atom stereocenters. The number of aromatic nitrogens is 4. The highest BCUT2D eigenvalue weighted by Gasteiger charge is 2.23. The molecule has 10 nitrogen and oxygen atoms in total. The molecule has 4 aromatic rings. The van der Waals surface area contributed by atoms with Crippen LogP contribution in [0.2, 0.25) is 0 Å². The molecule has 35 heavy (non-hydrogen) atoms. The van der Waals surface area contributed by atoms with Gasteiger partial charge in [-0.3, -0.25) is 9.36 Å². The monoisotopic (exact) mass is 494 g/mol. The Balaban J connectivity index is 1.30. The number of hydrogen-bond acceptors (Lipinski definition) is 10. The second-order valence-electron chi connectivity index (χ2n) is 8.20. The number of thioether (sulfide) groups is 1. The summed E-state index contributed by atoms with van der Waals surface area (Å²) >= 11 is 1.37. The Morgan fingerprint density at radius 3 is 2.74 bits per heavy atom. The summed E-state index contributed by atoms with van der Waals surface area (Å²) in [5, 5.41) is 5.13. The number of rotatable bonds is 7. The van der Waals surface area contributed by atoms with Crippen LogP contribution in [-0.4, -0.2) is 46.3 Å². The van der Waals surface area contributed by atoms with Crippen LogP contribution < -0.4 is 19.8 Å². The molecule has 0 spiro atoms. The van der Waals surface area contributed by atoms with E-state index in [0.29, 0.717) is 58.2 Å². The molecule has 0 radical (unpaired) electrons. The highest BCUT2D eigenvalue weighted by Crippen LogP contribution is 2.35. The minimum atomic E-state index is -0.143. The van der Waals surface area contributed by atoms with Gasteiger partial charge in [-0.2, -0.15) is 4.98 Å². The Labute approximate surface area is 204 Å². The zero-order chi connectivity index (χ0) is 23.8. The van der Waals surface area contributed by atoms with Gasteiger partial charge in [0.05, 0.1) is 36.4 Å². The van der Waals surface area contributed by atoms with E-state index in [9.17, 15) is 4.79 Å². The number of ether oxygens (including phenoxy) is 4. The lowest BCUT2D eigenvalue weighted by molar-refractivity contribution is 0.0937. The average Bonchev–Trinajstić information content (AvgIpc) is 3.66. The fourth-order valence-electron chi connectivity index (χ4n) is 4.15. The number of benzene rings is 2. The van der Waals surface area contributed by atoms with Gasteiger partial charge in [0.25, 0.3) is 5.56 Å². The maximum Gasteiger partial charge on any atom is 0.262 e. The standard InChI is InChI=1S/C24H22N4O6S/c1-30-15-6-4-14(5-7-15)22-26-21(34-27-22)12-35-24-25-18-10-20-19(32-13-33-20)9-17(18)23(29)28(24)11-16-3-2-8-31-16/h4-7,9-10,16H,2-3,8,11-13H2,1H3. The largest absolute Gasteiger partial charge is 0.497 e. The molecule has 2 aromatic heterocycles. The molecule has 2 aromatic carbocycles.